The highest BCUT2D eigenvalue weighted by atomic mass is 16.5. The van der Waals surface area contributed by atoms with Crippen molar-refractivity contribution in [3.05, 3.63) is 59.7 Å². The average molecular weight is 454 g/mol. The van der Waals surface area contributed by atoms with Crippen molar-refractivity contribution in [3.8, 4) is 0 Å². The van der Waals surface area contributed by atoms with E-state index >= 15 is 0 Å². The Hall–Kier alpha value is -2.73. The van der Waals surface area contributed by atoms with Gasteiger partial charge in [-0.25, -0.2) is 4.99 Å². The Balaban J connectivity index is 1.85. The van der Waals surface area contributed by atoms with Crippen LogP contribution in [0, 0.1) is 17.8 Å². The Bertz CT molecular complexity index is 852. The Morgan fingerprint density at radius 3 is 2.79 bits per heavy atom. The van der Waals surface area contributed by atoms with Gasteiger partial charge in [0.15, 0.2) is 5.84 Å². The summed E-state index contributed by atoms with van der Waals surface area (Å²) in [5.74, 6) is 1.39. The number of esters is 1. The number of amidine groups is 1. The summed E-state index contributed by atoms with van der Waals surface area (Å²) < 4.78 is 5.07. The van der Waals surface area contributed by atoms with E-state index in [-0.39, 0.29) is 17.7 Å². The third-order valence-electron chi connectivity index (χ3n) is 5.73. The number of carbonyl (C=O) groups is 1. The maximum Gasteiger partial charge on any atom is 0.309 e. The summed E-state index contributed by atoms with van der Waals surface area (Å²) in [5.41, 5.74) is 1.83. The van der Waals surface area contributed by atoms with E-state index in [1.54, 1.807) is 6.21 Å². The highest BCUT2D eigenvalue weighted by Crippen LogP contribution is 2.28. The molecule has 1 saturated carbocycles. The first kappa shape index (κ1) is 26.5. The van der Waals surface area contributed by atoms with E-state index in [0.717, 1.165) is 36.8 Å². The summed E-state index contributed by atoms with van der Waals surface area (Å²) in [6, 6.07) is 8.12. The van der Waals surface area contributed by atoms with Crippen LogP contribution in [0.2, 0.25) is 0 Å². The van der Waals surface area contributed by atoms with Gasteiger partial charge >= 0.3 is 5.97 Å². The molecule has 0 aromatic heterocycles. The lowest BCUT2D eigenvalue weighted by atomic mass is 9.80. The van der Waals surface area contributed by atoms with Crippen molar-refractivity contribution in [3.63, 3.8) is 0 Å². The molecule has 2 N–H and O–H groups in total. The Morgan fingerprint density at radius 1 is 1.33 bits per heavy atom. The van der Waals surface area contributed by atoms with E-state index < -0.39 is 0 Å². The number of allylic oxidation sites excluding steroid dienone is 4. The second-order valence-electron chi connectivity index (χ2n) is 8.98. The van der Waals surface area contributed by atoms with Crippen LogP contribution in [-0.4, -0.2) is 35.9 Å². The molecule has 1 aliphatic carbocycles. The fraction of sp³-hybridized carbons (Fsp3) is 0.519. The molecule has 1 aromatic carbocycles. The molecule has 2 rings (SSSR count). The summed E-state index contributed by atoms with van der Waals surface area (Å²) in [7, 11) is 0. The number of nitrogens with zero attached hydrogens (tertiary/aromatic N) is 2. The Morgan fingerprint density at radius 2 is 2.12 bits per heavy atom. The van der Waals surface area contributed by atoms with Gasteiger partial charge in [-0.3, -0.25) is 4.79 Å². The lowest BCUT2D eigenvalue weighted by Gasteiger charge is -2.34. The van der Waals surface area contributed by atoms with Gasteiger partial charge in [-0.1, -0.05) is 55.4 Å². The molecule has 1 unspecified atom stereocenters. The topological polar surface area (TPSA) is 83.3 Å². The van der Waals surface area contributed by atoms with E-state index in [4.69, 9.17) is 4.74 Å². The fourth-order valence-electron chi connectivity index (χ4n) is 4.04. The molecule has 6 heteroatoms. The molecule has 180 valence electrons. The number of aliphatic imine (C=N–C) groups is 1. The van der Waals surface area contributed by atoms with Crippen LogP contribution < -0.4 is 5.32 Å². The van der Waals surface area contributed by atoms with Crippen molar-refractivity contribution in [2.75, 3.05) is 6.61 Å². The second-order valence-corrected chi connectivity index (χ2v) is 8.98. The SMILES string of the molecule is C/C=C\C(C/C=C/C=N/C(=N\O)c1cccc(CNC2CC(C(=O)OCC)C2)c1)CC(C)C. The van der Waals surface area contributed by atoms with Gasteiger partial charge in [-0.2, -0.15) is 0 Å². The molecule has 6 nitrogen and oxygen atoms in total. The molecule has 1 atom stereocenters. The monoisotopic (exact) mass is 453 g/mol. The number of ether oxygens (including phenoxy) is 1. The molecule has 0 aliphatic heterocycles. The maximum absolute atomic E-state index is 11.7. The molecule has 0 heterocycles. The zero-order valence-corrected chi connectivity index (χ0v) is 20.4. The number of hydrogen-bond donors (Lipinski definition) is 2. The van der Waals surface area contributed by atoms with Gasteiger partial charge in [0, 0.05) is 24.4 Å². The van der Waals surface area contributed by atoms with Crippen molar-refractivity contribution in [1.82, 2.24) is 5.32 Å². The normalized spacial score (nSPS) is 20.1. The quantitative estimate of drug-likeness (QED) is 0.109. The van der Waals surface area contributed by atoms with Crippen molar-refractivity contribution >= 4 is 18.0 Å². The predicted molar refractivity (Wildman–Crippen MR) is 135 cm³/mol. The summed E-state index contributed by atoms with van der Waals surface area (Å²) in [4.78, 5) is 16.0. The highest BCUT2D eigenvalue weighted by Gasteiger charge is 2.35. The fourth-order valence-corrected chi connectivity index (χ4v) is 4.04. The lowest BCUT2D eigenvalue weighted by molar-refractivity contribution is -0.151. The van der Waals surface area contributed by atoms with Gasteiger partial charge < -0.3 is 15.3 Å². The zero-order chi connectivity index (χ0) is 24.1. The van der Waals surface area contributed by atoms with Crippen molar-refractivity contribution < 1.29 is 14.7 Å². The van der Waals surface area contributed by atoms with Crippen molar-refractivity contribution in [2.45, 2.75) is 66.0 Å². The first-order valence-corrected chi connectivity index (χ1v) is 12.0. The van der Waals surface area contributed by atoms with Crippen LogP contribution in [-0.2, 0) is 16.1 Å². The Kier molecular flexibility index (Phi) is 11.6. The van der Waals surface area contributed by atoms with Gasteiger partial charge in [0.25, 0.3) is 0 Å². The zero-order valence-electron chi connectivity index (χ0n) is 20.4. The third kappa shape index (κ3) is 9.34. The van der Waals surface area contributed by atoms with E-state index in [9.17, 15) is 10.0 Å². The van der Waals surface area contributed by atoms with Crippen LogP contribution in [0.15, 0.2) is 58.7 Å². The molecule has 1 aromatic rings. The number of nitrogens with one attached hydrogen (secondary N) is 1. The van der Waals surface area contributed by atoms with Gasteiger partial charge in [-0.05, 0) is 69.1 Å². The number of hydrogen-bond acceptors (Lipinski definition) is 5. The molecule has 0 radical (unpaired) electrons. The van der Waals surface area contributed by atoms with E-state index in [1.165, 1.54) is 0 Å². The van der Waals surface area contributed by atoms with Gasteiger partial charge in [0.1, 0.15) is 0 Å². The number of rotatable bonds is 12. The van der Waals surface area contributed by atoms with Gasteiger partial charge in [0.2, 0.25) is 0 Å². The second kappa shape index (κ2) is 14.4. The Labute approximate surface area is 198 Å². The number of carbonyl (C=O) groups excluding carboxylic acids is 1. The van der Waals surface area contributed by atoms with Crippen molar-refractivity contribution in [2.24, 2.45) is 27.9 Å². The molecule has 1 aliphatic rings. The first-order chi connectivity index (χ1) is 16.0. The standard InChI is InChI=1S/C27H39N3O3/c1-5-10-21(15-20(3)4)11-7-8-14-28-26(30-32)23-13-9-12-22(16-23)19-29-25-17-24(18-25)27(31)33-6-2/h5,7-10,12-14,16,20-21,24-25,29,32H,6,11,15,17-19H2,1-4H3/b8-7+,10-5-,28-14+,30-26-. The minimum atomic E-state index is -0.0921. The summed E-state index contributed by atoms with van der Waals surface area (Å²) in [6.45, 7) is 9.47. The van der Waals surface area contributed by atoms with Crippen LogP contribution in [0.4, 0.5) is 0 Å². The van der Waals surface area contributed by atoms with Crippen LogP contribution in [0.25, 0.3) is 0 Å². The molecule has 0 bridgehead atoms. The van der Waals surface area contributed by atoms with Crippen LogP contribution in [0.1, 0.15) is 64.5 Å². The minimum Gasteiger partial charge on any atom is -0.466 e. The lowest BCUT2D eigenvalue weighted by Crippen LogP contribution is -2.44. The van der Waals surface area contributed by atoms with E-state index in [2.05, 4.69) is 54.5 Å². The molecule has 33 heavy (non-hydrogen) atoms. The molecule has 0 amide bonds. The van der Waals surface area contributed by atoms with Gasteiger partial charge in [0.05, 0.1) is 12.5 Å². The van der Waals surface area contributed by atoms with Crippen LogP contribution >= 0.6 is 0 Å². The van der Waals surface area contributed by atoms with Crippen LogP contribution in [0.3, 0.4) is 0 Å². The summed E-state index contributed by atoms with van der Waals surface area (Å²) in [6.07, 6.45) is 13.8. The molecular weight excluding hydrogens is 414 g/mol. The summed E-state index contributed by atoms with van der Waals surface area (Å²) in [5, 5.41) is 16.3. The van der Waals surface area contributed by atoms with E-state index in [1.807, 2.05) is 37.3 Å². The number of benzene rings is 1. The molecule has 1 fully saturated rings. The molecule has 0 saturated heterocycles. The largest absolute Gasteiger partial charge is 0.466 e. The summed E-state index contributed by atoms with van der Waals surface area (Å²) >= 11 is 0. The average Bonchev–Trinajstić information content (AvgIpc) is 2.75. The number of oxime groups is 1. The predicted octanol–water partition coefficient (Wildman–Crippen LogP) is 5.51. The maximum atomic E-state index is 11.7. The first-order valence-electron chi connectivity index (χ1n) is 12.0. The van der Waals surface area contributed by atoms with Gasteiger partial charge in [-0.15, -0.1) is 0 Å². The highest BCUT2D eigenvalue weighted by molar-refractivity contribution is 6.03. The van der Waals surface area contributed by atoms with Crippen molar-refractivity contribution in [1.29, 1.82) is 0 Å². The molecule has 0 spiro atoms. The molecular formula is C27H39N3O3. The van der Waals surface area contributed by atoms with Crippen LogP contribution in [0.5, 0.6) is 0 Å². The minimum absolute atomic E-state index is 0.0166. The smallest absolute Gasteiger partial charge is 0.309 e. The van der Waals surface area contributed by atoms with E-state index in [0.29, 0.717) is 31.0 Å². The third-order valence-corrected chi connectivity index (χ3v) is 5.73.